The monoisotopic (exact) mass is 743 g/mol. The number of ketones is 2. The number of nitrogens with zero attached hydrogens (tertiary/aromatic N) is 1. The lowest BCUT2D eigenvalue weighted by Gasteiger charge is -2.32. The minimum atomic E-state index is -1.26. The molecule has 53 heavy (non-hydrogen) atoms. The minimum absolute atomic E-state index is 0.0568. The molecule has 10 nitrogen and oxygen atoms in total. The molecule has 1 aliphatic carbocycles. The van der Waals surface area contributed by atoms with Gasteiger partial charge in [0.15, 0.2) is 11.5 Å². The summed E-state index contributed by atoms with van der Waals surface area (Å²) < 4.78 is 16.5. The Labute approximate surface area is 315 Å². The molecule has 2 N–H and O–H groups in total. The first-order valence-electron chi connectivity index (χ1n) is 16.9. The van der Waals surface area contributed by atoms with Crippen LogP contribution >= 0.6 is 11.6 Å². The van der Waals surface area contributed by atoms with Crippen LogP contribution in [-0.4, -0.2) is 79.1 Å². The molecule has 0 bridgehead atoms. The number of carbonyl (C=O) groups is 4. The Morgan fingerprint density at radius 3 is 2.02 bits per heavy atom. The van der Waals surface area contributed by atoms with E-state index in [0.717, 1.165) is 34.9 Å². The van der Waals surface area contributed by atoms with E-state index < -0.39 is 17.5 Å². The molecule has 1 aliphatic heterocycles. The van der Waals surface area contributed by atoms with E-state index in [-0.39, 0.29) is 23.2 Å². The second-order valence-electron chi connectivity index (χ2n) is 12.4. The van der Waals surface area contributed by atoms with Crippen molar-refractivity contribution in [3.63, 3.8) is 0 Å². The Balaban J connectivity index is 0.000000239. The van der Waals surface area contributed by atoms with Crippen molar-refractivity contribution in [2.45, 2.75) is 43.7 Å². The first kappa shape index (κ1) is 42.1. The van der Waals surface area contributed by atoms with Gasteiger partial charge in [-0.25, -0.2) is 9.59 Å². The molecule has 2 aliphatic rings. The van der Waals surface area contributed by atoms with Crippen LogP contribution in [0, 0.1) is 0 Å². The van der Waals surface area contributed by atoms with E-state index in [1.165, 1.54) is 44.2 Å². The summed E-state index contributed by atoms with van der Waals surface area (Å²) in [6, 6.07) is 26.4. The average Bonchev–Trinajstić information content (AvgIpc) is 3.57. The summed E-state index contributed by atoms with van der Waals surface area (Å²) in [5.74, 6) is -2.63. The lowest BCUT2D eigenvalue weighted by molar-refractivity contribution is -0.134. The fourth-order valence-corrected chi connectivity index (χ4v) is 6.08. The summed E-state index contributed by atoms with van der Waals surface area (Å²) in [6.07, 6.45) is 8.95. The van der Waals surface area contributed by atoms with Crippen LogP contribution in [0.5, 0.6) is 5.75 Å². The summed E-state index contributed by atoms with van der Waals surface area (Å²) in [4.78, 5) is 45.6. The van der Waals surface area contributed by atoms with E-state index in [1.54, 1.807) is 25.3 Å². The van der Waals surface area contributed by atoms with E-state index in [2.05, 4.69) is 61.8 Å². The van der Waals surface area contributed by atoms with Gasteiger partial charge in [-0.3, -0.25) is 9.59 Å². The molecule has 0 spiro atoms. The maximum atomic E-state index is 12.2. The summed E-state index contributed by atoms with van der Waals surface area (Å²) >= 11 is 6.07. The molecule has 3 aromatic rings. The number of carbonyl (C=O) groups excluding carboxylic acids is 2. The molecule has 0 aromatic heterocycles. The van der Waals surface area contributed by atoms with Crippen LogP contribution in [0.4, 0.5) is 0 Å². The molecule has 0 radical (unpaired) electrons. The normalized spacial score (nSPS) is 17.2. The molecule has 280 valence electrons. The number of carboxylic acids is 2. The van der Waals surface area contributed by atoms with Crippen molar-refractivity contribution in [3.8, 4) is 5.75 Å². The molecule has 5 rings (SSSR count). The van der Waals surface area contributed by atoms with Crippen molar-refractivity contribution in [3.05, 3.63) is 149 Å². The van der Waals surface area contributed by atoms with Gasteiger partial charge < -0.3 is 29.3 Å². The van der Waals surface area contributed by atoms with Crippen LogP contribution in [0.2, 0.25) is 5.02 Å². The van der Waals surface area contributed by atoms with Gasteiger partial charge in [0.2, 0.25) is 5.78 Å². The highest BCUT2D eigenvalue weighted by atomic mass is 35.5. The number of rotatable bonds is 13. The number of halogens is 1. The standard InChI is InChI=1S/C21H26ClNO.C17H16O4.C4H4O4/c1-21(17-7-4-3-5-8-17,18-10-12-19(22)13-11-18)24-16-14-20-9-6-15-23(20)2;1-4-13(11-5-7-12(20-2)8-6-11)14-9-16(19)17(21-3)10-15(14)18;5-3(6)1-2-4(7)8/h3-5,7-8,10-13,20H,6,9,14-16H2,1-2H3;4-10,13H,1H2,2-3H3;1-2H,(H,5,6)(H,7,8). The molecule has 1 fully saturated rings. The van der Waals surface area contributed by atoms with E-state index in [0.29, 0.717) is 23.8 Å². The number of allylic oxidation sites excluding steroid dienone is 4. The molecule has 0 saturated carbocycles. The average molecular weight is 744 g/mol. The predicted molar refractivity (Wildman–Crippen MR) is 204 cm³/mol. The molecule has 1 saturated heterocycles. The largest absolute Gasteiger partial charge is 0.497 e. The molecule has 3 unspecified atom stereocenters. The molecule has 3 atom stereocenters. The van der Waals surface area contributed by atoms with Crippen LogP contribution in [0.1, 0.15) is 48.8 Å². The van der Waals surface area contributed by atoms with Crippen molar-refractivity contribution in [2.75, 3.05) is 34.4 Å². The summed E-state index contributed by atoms with van der Waals surface area (Å²) in [6.45, 7) is 7.88. The molecular weight excluding hydrogens is 698 g/mol. The molecule has 11 heteroatoms. The lowest BCUT2D eigenvalue weighted by atomic mass is 9.85. The van der Waals surface area contributed by atoms with E-state index in [1.807, 2.05) is 30.3 Å². The third-order valence-corrected chi connectivity index (χ3v) is 9.20. The van der Waals surface area contributed by atoms with Gasteiger partial charge in [-0.2, -0.15) is 0 Å². The van der Waals surface area contributed by atoms with Gasteiger partial charge in [0, 0.05) is 47.4 Å². The van der Waals surface area contributed by atoms with Gasteiger partial charge in [-0.1, -0.05) is 72.3 Å². The van der Waals surface area contributed by atoms with E-state index >= 15 is 0 Å². The second-order valence-corrected chi connectivity index (χ2v) is 12.8. The van der Waals surface area contributed by atoms with Gasteiger partial charge in [0.05, 0.1) is 14.2 Å². The zero-order valence-electron chi connectivity index (χ0n) is 30.4. The Hall–Kier alpha value is -5.29. The fraction of sp³-hybridized carbons (Fsp3) is 0.286. The lowest BCUT2D eigenvalue weighted by Crippen LogP contribution is -2.31. The Kier molecular flexibility index (Phi) is 16.4. The fourth-order valence-electron chi connectivity index (χ4n) is 5.96. The Morgan fingerprint density at radius 1 is 0.906 bits per heavy atom. The van der Waals surface area contributed by atoms with Gasteiger partial charge in [0.1, 0.15) is 11.4 Å². The second kappa shape index (κ2) is 20.7. The topological polar surface area (TPSA) is 140 Å². The SMILES string of the molecule is C=CC(C1=CC(=O)C(OC)=CC1=O)c1ccc(OC)cc1.CN1CCCC1CCOC(C)(c1ccccc1)c1ccc(Cl)cc1.O=C(O)C=CC(=O)O. The number of carboxylic acid groups (broad SMARTS) is 2. The number of ether oxygens (including phenoxy) is 3. The van der Waals surface area contributed by atoms with Gasteiger partial charge in [-0.05, 0) is 86.8 Å². The Morgan fingerprint density at radius 2 is 1.51 bits per heavy atom. The number of benzene rings is 3. The highest BCUT2D eigenvalue weighted by molar-refractivity contribution is 6.30. The third kappa shape index (κ3) is 12.4. The van der Waals surface area contributed by atoms with Crippen molar-refractivity contribution >= 4 is 35.1 Å². The van der Waals surface area contributed by atoms with Gasteiger partial charge in [-0.15, -0.1) is 6.58 Å². The van der Waals surface area contributed by atoms with E-state index in [4.69, 9.17) is 36.0 Å². The van der Waals surface area contributed by atoms with Crippen molar-refractivity contribution in [1.82, 2.24) is 4.90 Å². The highest BCUT2D eigenvalue weighted by Gasteiger charge is 2.31. The van der Waals surface area contributed by atoms with E-state index in [9.17, 15) is 19.2 Å². The first-order valence-corrected chi connectivity index (χ1v) is 17.3. The van der Waals surface area contributed by atoms with Crippen molar-refractivity contribution < 1.29 is 43.6 Å². The quantitative estimate of drug-likeness (QED) is 0.104. The van der Waals surface area contributed by atoms with Crippen LogP contribution in [0.15, 0.2) is 127 Å². The van der Waals surface area contributed by atoms with Crippen LogP contribution in [0.3, 0.4) is 0 Å². The van der Waals surface area contributed by atoms with Crippen LogP contribution in [-0.2, 0) is 34.3 Å². The van der Waals surface area contributed by atoms with Crippen molar-refractivity contribution in [1.29, 1.82) is 0 Å². The predicted octanol–water partition coefficient (Wildman–Crippen LogP) is 7.39. The highest BCUT2D eigenvalue weighted by Crippen LogP contribution is 2.35. The minimum Gasteiger partial charge on any atom is -0.497 e. The summed E-state index contributed by atoms with van der Waals surface area (Å²) in [5, 5.41) is 16.4. The number of hydrogen-bond acceptors (Lipinski definition) is 8. The maximum Gasteiger partial charge on any atom is 0.328 e. The smallest absolute Gasteiger partial charge is 0.328 e. The summed E-state index contributed by atoms with van der Waals surface area (Å²) in [5.41, 5.74) is 3.11. The van der Waals surface area contributed by atoms with Crippen molar-refractivity contribution in [2.24, 2.45) is 0 Å². The summed E-state index contributed by atoms with van der Waals surface area (Å²) in [7, 11) is 5.17. The molecule has 3 aromatic carbocycles. The van der Waals surface area contributed by atoms with Gasteiger partial charge in [0.25, 0.3) is 0 Å². The number of likely N-dealkylation sites (tertiary alicyclic amines) is 1. The zero-order valence-corrected chi connectivity index (χ0v) is 31.1. The molecular formula is C42H46ClNO9. The van der Waals surface area contributed by atoms with Crippen LogP contribution in [0.25, 0.3) is 0 Å². The first-order chi connectivity index (χ1) is 25.3. The maximum absolute atomic E-state index is 12.2. The number of methoxy groups -OCH3 is 2. The Bertz CT molecular complexity index is 1780. The molecule has 0 amide bonds. The van der Waals surface area contributed by atoms with Crippen LogP contribution < -0.4 is 4.74 Å². The number of aliphatic carboxylic acids is 2. The van der Waals surface area contributed by atoms with Gasteiger partial charge >= 0.3 is 11.9 Å². The number of hydrogen-bond donors (Lipinski definition) is 2. The third-order valence-electron chi connectivity index (χ3n) is 8.94. The molecule has 1 heterocycles. The zero-order chi connectivity index (χ0) is 39.0.